The number of carbonyl (C=O) groups is 5. The molecular formula is C17H21N3O8. The largest absolute Gasteiger partial charge is 0.481 e. The van der Waals surface area contributed by atoms with Crippen molar-refractivity contribution >= 4 is 29.7 Å². The summed E-state index contributed by atoms with van der Waals surface area (Å²) in [5.41, 5.74) is 11.5. The van der Waals surface area contributed by atoms with Crippen molar-refractivity contribution in [2.45, 2.75) is 37.4 Å². The van der Waals surface area contributed by atoms with Gasteiger partial charge in [0.1, 0.15) is 6.04 Å². The molecule has 152 valence electrons. The zero-order chi connectivity index (χ0) is 21.4. The lowest BCUT2D eigenvalue weighted by molar-refractivity contribution is -0.160. The molecule has 0 radical (unpaired) electrons. The Morgan fingerprint density at radius 2 is 1.25 bits per heavy atom. The maximum atomic E-state index is 12.6. The predicted molar refractivity (Wildman–Crippen MR) is 93.9 cm³/mol. The third kappa shape index (κ3) is 6.45. The highest BCUT2D eigenvalue weighted by Gasteiger charge is 2.40. The summed E-state index contributed by atoms with van der Waals surface area (Å²) in [7, 11) is 0. The summed E-state index contributed by atoms with van der Waals surface area (Å²) in [4.78, 5) is 58.9. The molecule has 7 N–H and O–H groups in total. The molecular weight excluding hydrogens is 374 g/mol. The molecule has 1 aromatic rings. The predicted octanol–water partition coefficient (Wildman–Crippen LogP) is -1.36. The molecule has 0 heterocycles. The van der Waals surface area contributed by atoms with Crippen LogP contribution in [0.5, 0.6) is 0 Å². The second-order valence-electron chi connectivity index (χ2n) is 6.00. The SMILES string of the molecule is NC(CC(=O)O)C(=O)N(C(=O)C(N)CC(=O)O)C(Cc1ccccc1)C(=O)O. The van der Waals surface area contributed by atoms with Crippen LogP contribution in [0.2, 0.25) is 0 Å². The van der Waals surface area contributed by atoms with Gasteiger partial charge < -0.3 is 26.8 Å². The number of benzene rings is 1. The highest BCUT2D eigenvalue weighted by Crippen LogP contribution is 2.14. The van der Waals surface area contributed by atoms with Crippen molar-refractivity contribution in [2.75, 3.05) is 0 Å². The van der Waals surface area contributed by atoms with Crippen LogP contribution in [0.15, 0.2) is 30.3 Å². The van der Waals surface area contributed by atoms with Gasteiger partial charge in [-0.3, -0.25) is 24.1 Å². The van der Waals surface area contributed by atoms with E-state index >= 15 is 0 Å². The molecule has 0 aliphatic heterocycles. The summed E-state index contributed by atoms with van der Waals surface area (Å²) in [5.74, 6) is -6.96. The minimum Gasteiger partial charge on any atom is -0.481 e. The normalized spacial score (nSPS) is 13.8. The van der Waals surface area contributed by atoms with Gasteiger partial charge in [0.2, 0.25) is 11.8 Å². The molecule has 0 bridgehead atoms. The molecule has 0 aliphatic carbocycles. The second kappa shape index (κ2) is 10.1. The molecule has 0 saturated carbocycles. The fourth-order valence-electron chi connectivity index (χ4n) is 2.45. The molecule has 1 rings (SSSR count). The average Bonchev–Trinajstić information content (AvgIpc) is 2.60. The van der Waals surface area contributed by atoms with Gasteiger partial charge in [-0.25, -0.2) is 4.79 Å². The minimum atomic E-state index is -1.75. The highest BCUT2D eigenvalue weighted by atomic mass is 16.4. The van der Waals surface area contributed by atoms with E-state index in [2.05, 4.69) is 0 Å². The van der Waals surface area contributed by atoms with Crippen LogP contribution in [0.25, 0.3) is 0 Å². The number of nitrogens with two attached hydrogens (primary N) is 2. The van der Waals surface area contributed by atoms with Gasteiger partial charge in [-0.05, 0) is 5.56 Å². The minimum absolute atomic E-state index is 0.260. The van der Waals surface area contributed by atoms with E-state index in [9.17, 15) is 29.1 Å². The lowest BCUT2D eigenvalue weighted by atomic mass is 10.0. The van der Waals surface area contributed by atoms with Crippen LogP contribution in [-0.4, -0.2) is 68.1 Å². The number of rotatable bonds is 10. The molecule has 1 aromatic carbocycles. The third-order valence-electron chi connectivity index (χ3n) is 3.77. The van der Waals surface area contributed by atoms with Crippen LogP contribution in [0.3, 0.4) is 0 Å². The number of aliphatic carboxylic acids is 3. The first-order valence-electron chi connectivity index (χ1n) is 8.13. The molecule has 3 atom stereocenters. The van der Waals surface area contributed by atoms with Crippen LogP contribution < -0.4 is 11.5 Å². The Kier molecular flexibility index (Phi) is 8.23. The maximum absolute atomic E-state index is 12.6. The summed E-state index contributed by atoms with van der Waals surface area (Å²) < 4.78 is 0. The van der Waals surface area contributed by atoms with E-state index in [0.29, 0.717) is 5.56 Å². The first kappa shape index (κ1) is 22.7. The van der Waals surface area contributed by atoms with E-state index in [4.69, 9.17) is 21.7 Å². The van der Waals surface area contributed by atoms with Gasteiger partial charge in [0, 0.05) is 6.42 Å². The number of hydrogen-bond donors (Lipinski definition) is 5. The number of carboxylic acid groups (broad SMARTS) is 3. The van der Waals surface area contributed by atoms with Crippen molar-refractivity contribution in [3.63, 3.8) is 0 Å². The van der Waals surface area contributed by atoms with Gasteiger partial charge in [0.05, 0.1) is 24.9 Å². The highest BCUT2D eigenvalue weighted by molar-refractivity contribution is 6.04. The standard InChI is InChI=1S/C17H21N3O8/c18-10(7-13(21)22)15(25)20(16(26)11(19)8-14(23)24)12(17(27)28)6-9-4-2-1-3-5-9/h1-5,10-12H,6-8,18-19H2,(H,21,22)(H,23,24)(H,27,28). The number of imide groups is 1. The first-order valence-corrected chi connectivity index (χ1v) is 8.13. The second-order valence-corrected chi connectivity index (χ2v) is 6.00. The number of amides is 2. The van der Waals surface area contributed by atoms with Gasteiger partial charge in [-0.15, -0.1) is 0 Å². The number of hydrogen-bond acceptors (Lipinski definition) is 7. The zero-order valence-electron chi connectivity index (χ0n) is 14.7. The molecule has 2 amide bonds. The van der Waals surface area contributed by atoms with E-state index in [0.717, 1.165) is 0 Å². The van der Waals surface area contributed by atoms with Crippen molar-refractivity contribution in [2.24, 2.45) is 11.5 Å². The Morgan fingerprint density at radius 1 is 0.821 bits per heavy atom. The molecule has 3 unspecified atom stereocenters. The molecule has 0 aliphatic rings. The smallest absolute Gasteiger partial charge is 0.327 e. The van der Waals surface area contributed by atoms with Gasteiger partial charge in [0.25, 0.3) is 0 Å². The summed E-state index contributed by atoms with van der Waals surface area (Å²) in [5, 5.41) is 27.2. The molecule has 0 fully saturated rings. The van der Waals surface area contributed by atoms with Gasteiger partial charge in [-0.2, -0.15) is 0 Å². The number of nitrogens with zero attached hydrogens (tertiary/aromatic N) is 1. The molecule has 11 nitrogen and oxygen atoms in total. The number of carboxylic acids is 3. The Bertz CT molecular complexity index is 718. The van der Waals surface area contributed by atoms with Gasteiger partial charge >= 0.3 is 17.9 Å². The first-order chi connectivity index (χ1) is 13.0. The molecule has 11 heteroatoms. The molecule has 0 aromatic heterocycles. The fourth-order valence-corrected chi connectivity index (χ4v) is 2.45. The Hall–Kier alpha value is -3.31. The molecule has 0 saturated heterocycles. The van der Waals surface area contributed by atoms with Gasteiger partial charge in [0.15, 0.2) is 0 Å². The van der Waals surface area contributed by atoms with Crippen LogP contribution in [-0.2, 0) is 30.4 Å². The van der Waals surface area contributed by atoms with Gasteiger partial charge in [-0.1, -0.05) is 30.3 Å². The quantitative estimate of drug-likeness (QED) is 0.315. The lowest BCUT2D eigenvalue weighted by Crippen LogP contribution is -2.59. The van der Waals surface area contributed by atoms with E-state index in [1.807, 2.05) is 0 Å². The Balaban J connectivity index is 3.29. The summed E-state index contributed by atoms with van der Waals surface area (Å²) in [6, 6.07) is 2.88. The van der Waals surface area contributed by atoms with Crippen LogP contribution in [0.1, 0.15) is 18.4 Å². The van der Waals surface area contributed by atoms with Crippen molar-refractivity contribution < 1.29 is 39.3 Å². The zero-order valence-corrected chi connectivity index (χ0v) is 14.7. The summed E-state index contributed by atoms with van der Waals surface area (Å²) >= 11 is 0. The summed E-state index contributed by atoms with van der Waals surface area (Å²) in [6.07, 6.45) is -2.00. The average molecular weight is 395 g/mol. The van der Waals surface area contributed by atoms with E-state index < -0.39 is 60.7 Å². The maximum Gasteiger partial charge on any atom is 0.327 e. The Labute approximate surface area is 159 Å². The van der Waals surface area contributed by atoms with Crippen LogP contribution >= 0.6 is 0 Å². The summed E-state index contributed by atoms with van der Waals surface area (Å²) in [6.45, 7) is 0. The van der Waals surface area contributed by atoms with Crippen molar-refractivity contribution in [3.8, 4) is 0 Å². The molecule has 0 spiro atoms. The van der Waals surface area contributed by atoms with Crippen molar-refractivity contribution in [1.29, 1.82) is 0 Å². The van der Waals surface area contributed by atoms with E-state index in [1.54, 1.807) is 30.3 Å². The van der Waals surface area contributed by atoms with Crippen molar-refractivity contribution in [1.82, 2.24) is 4.90 Å². The van der Waals surface area contributed by atoms with E-state index in [1.165, 1.54) is 0 Å². The van der Waals surface area contributed by atoms with Crippen LogP contribution in [0.4, 0.5) is 0 Å². The van der Waals surface area contributed by atoms with Crippen molar-refractivity contribution in [3.05, 3.63) is 35.9 Å². The topological polar surface area (TPSA) is 201 Å². The fraction of sp³-hybridized carbons (Fsp3) is 0.353. The van der Waals surface area contributed by atoms with E-state index in [-0.39, 0.29) is 11.3 Å². The number of carbonyl (C=O) groups excluding carboxylic acids is 2. The Morgan fingerprint density at radius 3 is 1.61 bits per heavy atom. The molecule has 28 heavy (non-hydrogen) atoms. The monoisotopic (exact) mass is 395 g/mol. The third-order valence-corrected chi connectivity index (χ3v) is 3.77. The lowest BCUT2D eigenvalue weighted by Gasteiger charge is -2.31. The van der Waals surface area contributed by atoms with Crippen LogP contribution in [0, 0.1) is 0 Å².